The molecule has 0 radical (unpaired) electrons. The lowest BCUT2D eigenvalue weighted by molar-refractivity contribution is 0.524. The molecule has 4 aromatic carbocycles. The second kappa shape index (κ2) is 7.90. The van der Waals surface area contributed by atoms with E-state index in [1.165, 1.54) is 16.7 Å². The van der Waals surface area contributed by atoms with E-state index in [2.05, 4.69) is 78.9 Å². The molecule has 1 atom stereocenters. The van der Waals surface area contributed by atoms with Gasteiger partial charge in [0.1, 0.15) is 22.7 Å². The highest BCUT2D eigenvalue weighted by Crippen LogP contribution is 2.42. The van der Waals surface area contributed by atoms with Gasteiger partial charge in [-0.15, -0.1) is 0 Å². The van der Waals surface area contributed by atoms with Crippen molar-refractivity contribution in [3.05, 3.63) is 143 Å². The largest absolute Gasteiger partial charge is 0.460 e. The van der Waals surface area contributed by atoms with Crippen LogP contribution >= 0.6 is 0 Å². The first kappa shape index (κ1) is 18.7. The van der Waals surface area contributed by atoms with Gasteiger partial charge >= 0.3 is 0 Å². The van der Waals surface area contributed by atoms with E-state index in [0.717, 1.165) is 39.9 Å². The average Bonchev–Trinajstić information content (AvgIpc) is 3.42. The lowest BCUT2D eigenvalue weighted by Gasteiger charge is -2.16. The Morgan fingerprint density at radius 3 is 2.03 bits per heavy atom. The van der Waals surface area contributed by atoms with E-state index in [4.69, 9.17) is 8.83 Å². The van der Waals surface area contributed by atoms with Gasteiger partial charge in [-0.3, -0.25) is 0 Å². The minimum Gasteiger partial charge on any atom is -0.460 e. The molecule has 0 aliphatic rings. The zero-order valence-electron chi connectivity index (χ0n) is 17.6. The number of furan rings is 2. The smallest absolute Gasteiger partial charge is 0.134 e. The maximum atomic E-state index is 6.46. The summed E-state index contributed by atoms with van der Waals surface area (Å²) in [6, 6.07) is 39.7. The molecule has 32 heavy (non-hydrogen) atoms. The summed E-state index contributed by atoms with van der Waals surface area (Å²) in [5.74, 6) is 1.84. The van der Waals surface area contributed by atoms with Crippen LogP contribution in [0.25, 0.3) is 21.9 Å². The van der Waals surface area contributed by atoms with Crippen molar-refractivity contribution in [3.8, 4) is 0 Å². The average molecular weight is 415 g/mol. The van der Waals surface area contributed by atoms with E-state index in [1.807, 2.05) is 36.4 Å². The number of rotatable bonds is 5. The van der Waals surface area contributed by atoms with Gasteiger partial charge in [-0.05, 0) is 29.3 Å². The Morgan fingerprint density at radius 2 is 1.25 bits per heavy atom. The van der Waals surface area contributed by atoms with Crippen LogP contribution in [-0.2, 0) is 6.42 Å². The van der Waals surface area contributed by atoms with E-state index in [1.54, 1.807) is 0 Å². The number of para-hydroxylation sites is 2. The van der Waals surface area contributed by atoms with Gasteiger partial charge in [-0.1, -0.05) is 97.1 Å². The molecule has 0 spiro atoms. The van der Waals surface area contributed by atoms with Gasteiger partial charge in [-0.25, -0.2) is 0 Å². The van der Waals surface area contributed by atoms with Crippen molar-refractivity contribution in [2.75, 3.05) is 0 Å². The second-order valence-corrected chi connectivity index (χ2v) is 8.13. The molecule has 0 aliphatic carbocycles. The molecule has 2 heterocycles. The number of hydrogen-bond donors (Lipinski definition) is 0. The Bertz CT molecular complexity index is 1460. The van der Waals surface area contributed by atoms with E-state index in [9.17, 15) is 0 Å². The molecule has 2 heteroatoms. The minimum absolute atomic E-state index is 0.0639. The first-order chi connectivity index (χ1) is 15.9. The summed E-state index contributed by atoms with van der Waals surface area (Å²) >= 11 is 0. The summed E-state index contributed by atoms with van der Waals surface area (Å²) in [6.45, 7) is 0. The van der Waals surface area contributed by atoms with Gasteiger partial charge < -0.3 is 8.83 Å². The molecular weight excluding hydrogens is 392 g/mol. The van der Waals surface area contributed by atoms with Crippen LogP contribution in [-0.4, -0.2) is 0 Å². The standard InChI is InChI=1S/C30H22O2/c1-3-11-21(12-4-1)19-27-30(24-16-8-10-18-26(24)32-27)29(22-13-5-2-6-14-22)28-20-23-15-7-9-17-25(23)31-28/h1-18,20,29H,19H2. The molecule has 154 valence electrons. The van der Waals surface area contributed by atoms with E-state index < -0.39 is 0 Å². The fraction of sp³-hybridized carbons (Fsp3) is 0.0667. The third-order valence-electron chi connectivity index (χ3n) is 6.07. The lowest BCUT2D eigenvalue weighted by Crippen LogP contribution is -2.05. The molecule has 2 aromatic heterocycles. The minimum atomic E-state index is -0.0639. The maximum Gasteiger partial charge on any atom is 0.134 e. The van der Waals surface area contributed by atoms with Crippen LogP contribution in [0.15, 0.2) is 124 Å². The van der Waals surface area contributed by atoms with E-state index in [0.29, 0.717) is 0 Å². The third kappa shape index (κ3) is 3.30. The van der Waals surface area contributed by atoms with Gasteiger partial charge in [-0.2, -0.15) is 0 Å². The summed E-state index contributed by atoms with van der Waals surface area (Å²) in [4.78, 5) is 0. The van der Waals surface area contributed by atoms with Crippen LogP contribution in [0.5, 0.6) is 0 Å². The Balaban J connectivity index is 1.61. The van der Waals surface area contributed by atoms with E-state index >= 15 is 0 Å². The zero-order chi connectivity index (χ0) is 21.3. The zero-order valence-corrected chi connectivity index (χ0v) is 17.6. The normalized spacial score (nSPS) is 12.4. The first-order valence-electron chi connectivity index (χ1n) is 10.9. The van der Waals surface area contributed by atoms with Crippen LogP contribution in [0, 0.1) is 0 Å². The van der Waals surface area contributed by atoms with Gasteiger partial charge in [0.25, 0.3) is 0 Å². The summed E-state index contributed by atoms with van der Waals surface area (Å²) in [7, 11) is 0. The molecule has 0 aliphatic heterocycles. The van der Waals surface area contributed by atoms with Crippen LogP contribution in [0.4, 0.5) is 0 Å². The van der Waals surface area contributed by atoms with Gasteiger partial charge in [0.05, 0.1) is 5.92 Å². The molecule has 0 bridgehead atoms. The summed E-state index contributed by atoms with van der Waals surface area (Å²) in [6.07, 6.45) is 0.731. The second-order valence-electron chi connectivity index (χ2n) is 8.13. The van der Waals surface area contributed by atoms with Crippen molar-refractivity contribution < 1.29 is 8.83 Å². The SMILES string of the molecule is c1ccc(Cc2oc3ccccc3c2C(c2ccccc2)c2cc3ccccc3o2)cc1. The monoisotopic (exact) mass is 414 g/mol. The van der Waals surface area contributed by atoms with Crippen molar-refractivity contribution in [2.45, 2.75) is 12.3 Å². The van der Waals surface area contributed by atoms with Crippen molar-refractivity contribution in [1.29, 1.82) is 0 Å². The molecule has 0 saturated carbocycles. The first-order valence-corrected chi connectivity index (χ1v) is 10.9. The Hall–Kier alpha value is -4.04. The molecular formula is C30H22O2. The number of benzene rings is 4. The molecule has 0 amide bonds. The van der Waals surface area contributed by atoms with Crippen LogP contribution in [0.2, 0.25) is 0 Å². The van der Waals surface area contributed by atoms with Gasteiger partial charge in [0, 0.05) is 22.8 Å². The fourth-order valence-electron chi connectivity index (χ4n) is 4.61. The highest BCUT2D eigenvalue weighted by molar-refractivity contribution is 5.85. The summed E-state index contributed by atoms with van der Waals surface area (Å²) in [5.41, 5.74) is 5.40. The van der Waals surface area contributed by atoms with Crippen LogP contribution in [0.1, 0.15) is 34.1 Å². The summed E-state index contributed by atoms with van der Waals surface area (Å²) < 4.78 is 12.9. The predicted octanol–water partition coefficient (Wildman–Crippen LogP) is 7.95. The van der Waals surface area contributed by atoms with Gasteiger partial charge in [0.15, 0.2) is 0 Å². The predicted molar refractivity (Wildman–Crippen MR) is 129 cm³/mol. The van der Waals surface area contributed by atoms with Gasteiger partial charge in [0.2, 0.25) is 0 Å². The molecule has 2 nitrogen and oxygen atoms in total. The Kier molecular flexibility index (Phi) is 4.62. The molecule has 0 saturated heterocycles. The number of fused-ring (bicyclic) bond motifs is 2. The van der Waals surface area contributed by atoms with Crippen LogP contribution in [0.3, 0.4) is 0 Å². The quantitative estimate of drug-likeness (QED) is 0.286. The fourth-order valence-corrected chi connectivity index (χ4v) is 4.61. The lowest BCUT2D eigenvalue weighted by atomic mass is 9.86. The third-order valence-corrected chi connectivity index (χ3v) is 6.07. The topological polar surface area (TPSA) is 26.3 Å². The highest BCUT2D eigenvalue weighted by Gasteiger charge is 2.28. The Labute approximate surface area is 186 Å². The van der Waals surface area contributed by atoms with Crippen molar-refractivity contribution in [1.82, 2.24) is 0 Å². The molecule has 0 fully saturated rings. The van der Waals surface area contributed by atoms with Crippen molar-refractivity contribution in [2.24, 2.45) is 0 Å². The highest BCUT2D eigenvalue weighted by atomic mass is 16.3. The van der Waals surface area contributed by atoms with E-state index in [-0.39, 0.29) is 5.92 Å². The van der Waals surface area contributed by atoms with Crippen LogP contribution < -0.4 is 0 Å². The molecule has 6 rings (SSSR count). The summed E-state index contributed by atoms with van der Waals surface area (Å²) in [5, 5.41) is 2.24. The molecule has 1 unspecified atom stereocenters. The Morgan fingerprint density at radius 1 is 0.594 bits per heavy atom. The van der Waals surface area contributed by atoms with Crippen molar-refractivity contribution in [3.63, 3.8) is 0 Å². The molecule has 0 N–H and O–H groups in total. The number of hydrogen-bond acceptors (Lipinski definition) is 2. The molecule has 6 aromatic rings. The maximum absolute atomic E-state index is 6.46. The van der Waals surface area contributed by atoms with Crippen molar-refractivity contribution >= 4 is 21.9 Å².